The summed E-state index contributed by atoms with van der Waals surface area (Å²) in [5, 5.41) is 0. The van der Waals surface area contributed by atoms with Gasteiger partial charge in [0.2, 0.25) is 5.91 Å². The van der Waals surface area contributed by atoms with Gasteiger partial charge in [0, 0.05) is 22.7 Å². The SMILES string of the molecule is C/C=C/C=C/C(=O)N1CCCC1c1cc(Br)ccc1OC. The van der Waals surface area contributed by atoms with Gasteiger partial charge >= 0.3 is 0 Å². The molecule has 1 heterocycles. The molecule has 1 aliphatic heterocycles. The summed E-state index contributed by atoms with van der Waals surface area (Å²) in [4.78, 5) is 14.3. The molecule has 1 unspecified atom stereocenters. The molecule has 4 heteroatoms. The van der Waals surface area contributed by atoms with Gasteiger partial charge in [0.15, 0.2) is 0 Å². The van der Waals surface area contributed by atoms with Crippen molar-refractivity contribution in [2.75, 3.05) is 13.7 Å². The lowest BCUT2D eigenvalue weighted by molar-refractivity contribution is -0.126. The Kier molecular flexibility index (Phi) is 5.62. The topological polar surface area (TPSA) is 29.5 Å². The van der Waals surface area contributed by atoms with E-state index < -0.39 is 0 Å². The minimum atomic E-state index is 0.0534. The monoisotopic (exact) mass is 349 g/mol. The lowest BCUT2D eigenvalue weighted by Crippen LogP contribution is -2.29. The summed E-state index contributed by atoms with van der Waals surface area (Å²) in [6, 6.07) is 6.02. The number of benzene rings is 1. The van der Waals surface area contributed by atoms with Crippen molar-refractivity contribution in [3.05, 3.63) is 52.5 Å². The van der Waals surface area contributed by atoms with Gasteiger partial charge in [-0.3, -0.25) is 4.79 Å². The molecule has 0 N–H and O–H groups in total. The molecule has 1 aromatic carbocycles. The minimum absolute atomic E-state index is 0.0534. The van der Waals surface area contributed by atoms with Gasteiger partial charge in [0.1, 0.15) is 5.75 Å². The zero-order valence-electron chi connectivity index (χ0n) is 12.4. The van der Waals surface area contributed by atoms with Crippen molar-refractivity contribution in [3.63, 3.8) is 0 Å². The molecule has 1 saturated heterocycles. The number of allylic oxidation sites excluding steroid dienone is 3. The van der Waals surface area contributed by atoms with E-state index in [9.17, 15) is 4.79 Å². The quantitative estimate of drug-likeness (QED) is 0.600. The second kappa shape index (κ2) is 7.46. The van der Waals surface area contributed by atoms with Gasteiger partial charge < -0.3 is 9.64 Å². The predicted octanol–water partition coefficient (Wildman–Crippen LogP) is 4.25. The van der Waals surface area contributed by atoms with Crippen LogP contribution in [0.4, 0.5) is 0 Å². The van der Waals surface area contributed by atoms with E-state index >= 15 is 0 Å². The van der Waals surface area contributed by atoms with E-state index in [4.69, 9.17) is 4.74 Å². The van der Waals surface area contributed by atoms with Crippen molar-refractivity contribution in [2.45, 2.75) is 25.8 Å². The normalized spacial score (nSPS) is 18.8. The van der Waals surface area contributed by atoms with Crippen LogP contribution >= 0.6 is 15.9 Å². The number of halogens is 1. The third kappa shape index (κ3) is 3.76. The second-order valence-electron chi connectivity index (χ2n) is 4.96. The number of carbonyl (C=O) groups is 1. The van der Waals surface area contributed by atoms with Crippen LogP contribution in [0.3, 0.4) is 0 Å². The Morgan fingerprint density at radius 3 is 2.95 bits per heavy atom. The molecule has 1 amide bonds. The lowest BCUT2D eigenvalue weighted by Gasteiger charge is -2.25. The van der Waals surface area contributed by atoms with Crippen LogP contribution in [0.5, 0.6) is 5.75 Å². The van der Waals surface area contributed by atoms with Crippen molar-refractivity contribution in [1.82, 2.24) is 4.90 Å². The van der Waals surface area contributed by atoms with E-state index in [1.165, 1.54) is 0 Å². The Bertz CT molecular complexity index is 566. The first-order valence-corrected chi connectivity index (χ1v) is 7.90. The highest BCUT2D eigenvalue weighted by Gasteiger charge is 2.30. The maximum atomic E-state index is 12.3. The van der Waals surface area contributed by atoms with Crippen molar-refractivity contribution >= 4 is 21.8 Å². The Hall–Kier alpha value is -1.55. The number of methoxy groups -OCH3 is 1. The number of amides is 1. The van der Waals surface area contributed by atoms with Crippen LogP contribution in [-0.2, 0) is 4.79 Å². The van der Waals surface area contributed by atoms with Crippen LogP contribution in [0.25, 0.3) is 0 Å². The molecule has 1 aromatic rings. The Morgan fingerprint density at radius 1 is 1.43 bits per heavy atom. The summed E-state index contributed by atoms with van der Waals surface area (Å²) >= 11 is 3.50. The van der Waals surface area contributed by atoms with Gasteiger partial charge in [0.25, 0.3) is 0 Å². The molecule has 1 fully saturated rings. The van der Waals surface area contributed by atoms with Gasteiger partial charge in [-0.2, -0.15) is 0 Å². The number of nitrogens with zero attached hydrogens (tertiary/aromatic N) is 1. The van der Waals surface area contributed by atoms with Crippen molar-refractivity contribution in [3.8, 4) is 5.75 Å². The highest BCUT2D eigenvalue weighted by atomic mass is 79.9. The fourth-order valence-corrected chi connectivity index (χ4v) is 3.04. The van der Waals surface area contributed by atoms with Crippen LogP contribution in [-0.4, -0.2) is 24.5 Å². The van der Waals surface area contributed by atoms with Gasteiger partial charge in [-0.05, 0) is 38.0 Å². The summed E-state index contributed by atoms with van der Waals surface area (Å²) in [5.41, 5.74) is 1.07. The molecular formula is C17H20BrNO2. The van der Waals surface area contributed by atoms with Crippen LogP contribution in [0.15, 0.2) is 47.0 Å². The largest absolute Gasteiger partial charge is 0.496 e. The first-order chi connectivity index (χ1) is 10.2. The van der Waals surface area contributed by atoms with Crippen LogP contribution in [0.2, 0.25) is 0 Å². The van der Waals surface area contributed by atoms with Gasteiger partial charge in [-0.1, -0.05) is 34.2 Å². The standard InChI is InChI=1S/C17H20BrNO2/c1-3-4-5-8-17(20)19-11-6-7-15(19)14-12-13(18)9-10-16(14)21-2/h3-5,8-10,12,15H,6-7,11H2,1-2H3/b4-3+,8-5+. The van der Waals surface area contributed by atoms with E-state index in [1.807, 2.05) is 42.2 Å². The third-order valence-electron chi connectivity index (χ3n) is 3.63. The Labute approximate surface area is 134 Å². The zero-order chi connectivity index (χ0) is 15.2. The molecule has 1 atom stereocenters. The molecular weight excluding hydrogens is 330 g/mol. The van der Waals surface area contributed by atoms with Gasteiger partial charge in [0.05, 0.1) is 13.2 Å². The van der Waals surface area contributed by atoms with E-state index in [-0.39, 0.29) is 11.9 Å². The van der Waals surface area contributed by atoms with E-state index in [0.717, 1.165) is 35.2 Å². The first kappa shape index (κ1) is 15.8. The van der Waals surface area contributed by atoms with E-state index in [2.05, 4.69) is 15.9 Å². The summed E-state index contributed by atoms with van der Waals surface area (Å²) < 4.78 is 6.45. The second-order valence-corrected chi connectivity index (χ2v) is 5.88. The molecule has 2 rings (SSSR count). The number of carbonyl (C=O) groups excluding carboxylic acids is 1. The van der Waals surface area contributed by atoms with Crippen molar-refractivity contribution in [2.24, 2.45) is 0 Å². The minimum Gasteiger partial charge on any atom is -0.496 e. The number of hydrogen-bond acceptors (Lipinski definition) is 2. The number of rotatable bonds is 4. The molecule has 0 aliphatic carbocycles. The average Bonchev–Trinajstić information content (AvgIpc) is 2.96. The Morgan fingerprint density at radius 2 is 2.24 bits per heavy atom. The smallest absolute Gasteiger partial charge is 0.247 e. The average molecular weight is 350 g/mol. The van der Waals surface area contributed by atoms with Crippen molar-refractivity contribution < 1.29 is 9.53 Å². The summed E-state index contributed by atoms with van der Waals surface area (Å²) in [7, 11) is 1.67. The fraction of sp³-hybridized carbons (Fsp3) is 0.353. The van der Waals surface area contributed by atoms with Crippen LogP contribution in [0, 0.1) is 0 Å². The van der Waals surface area contributed by atoms with Gasteiger partial charge in [-0.15, -0.1) is 0 Å². The molecule has 0 radical (unpaired) electrons. The molecule has 21 heavy (non-hydrogen) atoms. The fourth-order valence-electron chi connectivity index (χ4n) is 2.66. The van der Waals surface area contributed by atoms with E-state index in [1.54, 1.807) is 19.3 Å². The van der Waals surface area contributed by atoms with Crippen LogP contribution in [0.1, 0.15) is 31.4 Å². The number of hydrogen-bond donors (Lipinski definition) is 0. The third-order valence-corrected chi connectivity index (χ3v) is 4.12. The maximum absolute atomic E-state index is 12.3. The molecule has 0 spiro atoms. The van der Waals surface area contributed by atoms with Crippen LogP contribution < -0.4 is 4.74 Å². The summed E-state index contributed by atoms with van der Waals surface area (Å²) in [6.45, 7) is 2.72. The molecule has 3 nitrogen and oxygen atoms in total. The highest BCUT2D eigenvalue weighted by Crippen LogP contribution is 2.38. The van der Waals surface area contributed by atoms with Crippen molar-refractivity contribution in [1.29, 1.82) is 0 Å². The Balaban J connectivity index is 2.26. The molecule has 1 aliphatic rings. The summed E-state index contributed by atoms with van der Waals surface area (Å²) in [6.07, 6.45) is 9.17. The summed E-state index contributed by atoms with van der Waals surface area (Å²) in [5.74, 6) is 0.887. The van der Waals surface area contributed by atoms with E-state index in [0.29, 0.717) is 0 Å². The number of ether oxygens (including phenoxy) is 1. The highest BCUT2D eigenvalue weighted by molar-refractivity contribution is 9.10. The molecule has 112 valence electrons. The first-order valence-electron chi connectivity index (χ1n) is 7.10. The zero-order valence-corrected chi connectivity index (χ0v) is 14.0. The maximum Gasteiger partial charge on any atom is 0.247 e. The molecule has 0 aromatic heterocycles. The lowest BCUT2D eigenvalue weighted by atomic mass is 10.0. The number of likely N-dealkylation sites (tertiary alicyclic amines) is 1. The van der Waals surface area contributed by atoms with Gasteiger partial charge in [-0.25, -0.2) is 0 Å². The molecule has 0 saturated carbocycles. The molecule has 0 bridgehead atoms. The predicted molar refractivity (Wildman–Crippen MR) is 88.3 cm³/mol.